The van der Waals surface area contributed by atoms with Crippen LogP contribution in [0.3, 0.4) is 0 Å². The Morgan fingerprint density at radius 3 is 1.50 bits per heavy atom. The van der Waals surface area contributed by atoms with Gasteiger partial charge in [-0.15, -0.1) is 0 Å². The summed E-state index contributed by atoms with van der Waals surface area (Å²) >= 11 is 0. The van der Waals surface area contributed by atoms with Crippen molar-refractivity contribution in [2.45, 2.75) is 26.9 Å². The van der Waals surface area contributed by atoms with Crippen molar-refractivity contribution >= 4 is 0 Å². The molecule has 4 nitrogen and oxygen atoms in total. The molecule has 1 aromatic rings. The molecule has 16 heavy (non-hydrogen) atoms. The zero-order valence-corrected chi connectivity index (χ0v) is 8.88. The Labute approximate surface area is 89.4 Å². The summed E-state index contributed by atoms with van der Waals surface area (Å²) in [4.78, 5) is 22.8. The largest absolute Gasteiger partial charge is 0.304 e. The summed E-state index contributed by atoms with van der Waals surface area (Å²) in [5, 5.41) is 0. The zero-order valence-electron chi connectivity index (χ0n) is 8.88. The fraction of sp³-hybridized carbons (Fsp3) is 0.400. The van der Waals surface area contributed by atoms with Gasteiger partial charge in [0.2, 0.25) is 11.6 Å². The van der Waals surface area contributed by atoms with Gasteiger partial charge in [0.25, 0.3) is 0 Å². The van der Waals surface area contributed by atoms with Gasteiger partial charge in [0.1, 0.15) is 0 Å². The minimum atomic E-state index is -1.60. The van der Waals surface area contributed by atoms with E-state index in [0.29, 0.717) is 0 Å². The van der Waals surface area contributed by atoms with Gasteiger partial charge in [0.05, 0.1) is 13.1 Å². The fourth-order valence-electron chi connectivity index (χ4n) is 1.67. The quantitative estimate of drug-likeness (QED) is 0.611. The van der Waals surface area contributed by atoms with Gasteiger partial charge in [-0.3, -0.25) is 9.59 Å². The first-order valence-corrected chi connectivity index (χ1v) is 4.77. The summed E-state index contributed by atoms with van der Waals surface area (Å²) < 4.78 is 28.0. The molecule has 2 rings (SSSR count). The van der Waals surface area contributed by atoms with Crippen LogP contribution < -0.4 is 11.1 Å². The number of fused-ring (bicyclic) bond motifs is 1. The van der Waals surface area contributed by atoms with E-state index in [1.54, 1.807) is 13.8 Å². The molecule has 0 N–H and O–H groups in total. The minimum absolute atomic E-state index is 0.122. The van der Waals surface area contributed by atoms with Gasteiger partial charge < -0.3 is 0 Å². The summed E-state index contributed by atoms with van der Waals surface area (Å²) in [6.45, 7) is 3.82. The second kappa shape index (κ2) is 3.40. The molecule has 1 aliphatic heterocycles. The molecule has 2 heterocycles. The van der Waals surface area contributed by atoms with Gasteiger partial charge in [0.15, 0.2) is 0 Å². The van der Waals surface area contributed by atoms with Crippen molar-refractivity contribution in [1.29, 1.82) is 0 Å². The molecular formula is C10H10F2N2O2. The molecule has 0 saturated heterocycles. The second-order valence-corrected chi connectivity index (χ2v) is 3.91. The Morgan fingerprint density at radius 1 is 0.875 bits per heavy atom. The summed E-state index contributed by atoms with van der Waals surface area (Å²) in [5.41, 5.74) is -0.423. The predicted octanol–water partition coefficient (Wildman–Crippen LogP) is 0.638. The first-order chi connectivity index (χ1) is 7.43. The summed E-state index contributed by atoms with van der Waals surface area (Å²) in [5.74, 6) is -3.21. The molecule has 1 aromatic heterocycles. The van der Waals surface area contributed by atoms with Crippen molar-refractivity contribution < 1.29 is 8.78 Å². The van der Waals surface area contributed by atoms with Crippen LogP contribution in [0.5, 0.6) is 0 Å². The maximum Gasteiger partial charge on any atom is 0.304 e. The lowest BCUT2D eigenvalue weighted by molar-refractivity contribution is 0.368. The minimum Gasteiger partial charge on any atom is -0.264 e. The van der Waals surface area contributed by atoms with Crippen molar-refractivity contribution in [3.05, 3.63) is 43.5 Å². The molecule has 0 atom stereocenters. The van der Waals surface area contributed by atoms with Crippen LogP contribution in [0.2, 0.25) is 0 Å². The standard InChI is InChI=1S/C10H10F2N2O2/c1-5-3-13-9(15)7(11)8(12)10(16)14(13)4-6(5)2/h3-4H2,1-2H3. The van der Waals surface area contributed by atoms with E-state index in [2.05, 4.69) is 0 Å². The maximum atomic E-state index is 13.1. The van der Waals surface area contributed by atoms with Gasteiger partial charge >= 0.3 is 11.1 Å². The number of hydrogen-bond acceptors (Lipinski definition) is 2. The Morgan fingerprint density at radius 2 is 1.19 bits per heavy atom. The molecule has 0 saturated carbocycles. The van der Waals surface area contributed by atoms with Crippen LogP contribution >= 0.6 is 0 Å². The molecule has 6 heteroatoms. The third-order valence-corrected chi connectivity index (χ3v) is 2.83. The Bertz CT molecular complexity index is 557. The average Bonchev–Trinajstić information content (AvgIpc) is 2.26. The average molecular weight is 228 g/mol. The molecule has 0 aliphatic carbocycles. The highest BCUT2D eigenvalue weighted by molar-refractivity contribution is 5.13. The van der Waals surface area contributed by atoms with Gasteiger partial charge in [-0.05, 0) is 13.8 Å². The number of nitrogens with zero attached hydrogens (tertiary/aromatic N) is 2. The number of allylic oxidation sites excluding steroid dienone is 2. The van der Waals surface area contributed by atoms with E-state index in [0.717, 1.165) is 20.5 Å². The summed E-state index contributed by atoms with van der Waals surface area (Å²) in [6.07, 6.45) is 0. The third kappa shape index (κ3) is 1.33. The van der Waals surface area contributed by atoms with Crippen molar-refractivity contribution in [3.8, 4) is 0 Å². The monoisotopic (exact) mass is 228 g/mol. The van der Waals surface area contributed by atoms with E-state index in [9.17, 15) is 18.4 Å². The first kappa shape index (κ1) is 10.8. The highest BCUT2D eigenvalue weighted by Gasteiger charge is 2.22. The number of rotatable bonds is 0. The number of halogens is 2. The summed E-state index contributed by atoms with van der Waals surface area (Å²) in [7, 11) is 0. The molecular weight excluding hydrogens is 218 g/mol. The van der Waals surface area contributed by atoms with Crippen LogP contribution in [-0.4, -0.2) is 9.36 Å². The molecule has 0 spiro atoms. The van der Waals surface area contributed by atoms with Gasteiger partial charge in [-0.1, -0.05) is 11.1 Å². The van der Waals surface area contributed by atoms with E-state index in [1.807, 2.05) is 0 Å². The molecule has 0 radical (unpaired) electrons. The smallest absolute Gasteiger partial charge is 0.264 e. The van der Waals surface area contributed by atoms with Gasteiger partial charge in [-0.2, -0.15) is 8.78 Å². The van der Waals surface area contributed by atoms with Crippen LogP contribution in [0, 0.1) is 11.6 Å². The Balaban J connectivity index is 2.81. The van der Waals surface area contributed by atoms with E-state index < -0.39 is 22.8 Å². The lowest BCUT2D eigenvalue weighted by atomic mass is 10.1. The lowest BCUT2D eigenvalue weighted by Gasteiger charge is -2.22. The molecule has 0 bridgehead atoms. The van der Waals surface area contributed by atoms with Crippen LogP contribution in [0.25, 0.3) is 0 Å². The van der Waals surface area contributed by atoms with Crippen LogP contribution in [0.15, 0.2) is 20.7 Å². The van der Waals surface area contributed by atoms with E-state index in [-0.39, 0.29) is 13.1 Å². The lowest BCUT2D eigenvalue weighted by Crippen LogP contribution is -2.44. The third-order valence-electron chi connectivity index (χ3n) is 2.83. The zero-order chi connectivity index (χ0) is 12.0. The van der Waals surface area contributed by atoms with Gasteiger partial charge in [-0.25, -0.2) is 9.36 Å². The molecule has 0 aromatic carbocycles. The van der Waals surface area contributed by atoms with Crippen molar-refractivity contribution in [3.63, 3.8) is 0 Å². The number of aromatic nitrogens is 2. The topological polar surface area (TPSA) is 44.0 Å². The molecule has 0 fully saturated rings. The molecule has 0 unspecified atom stereocenters. The number of hydrogen-bond donors (Lipinski definition) is 0. The van der Waals surface area contributed by atoms with Crippen molar-refractivity contribution in [2.24, 2.45) is 0 Å². The highest BCUT2D eigenvalue weighted by atomic mass is 19.2. The van der Waals surface area contributed by atoms with Crippen molar-refractivity contribution in [1.82, 2.24) is 9.36 Å². The fourth-order valence-corrected chi connectivity index (χ4v) is 1.67. The van der Waals surface area contributed by atoms with Crippen LogP contribution in [-0.2, 0) is 13.1 Å². The van der Waals surface area contributed by atoms with Gasteiger partial charge in [0, 0.05) is 0 Å². The molecule has 86 valence electrons. The maximum absolute atomic E-state index is 13.1. The van der Waals surface area contributed by atoms with Crippen LogP contribution in [0.4, 0.5) is 8.78 Å². The van der Waals surface area contributed by atoms with Crippen LogP contribution in [0.1, 0.15) is 13.8 Å². The van der Waals surface area contributed by atoms with E-state index in [1.165, 1.54) is 0 Å². The normalized spacial score (nSPS) is 15.2. The predicted molar refractivity (Wildman–Crippen MR) is 53.3 cm³/mol. The van der Waals surface area contributed by atoms with Crippen molar-refractivity contribution in [2.75, 3.05) is 0 Å². The Kier molecular flexibility index (Phi) is 2.29. The first-order valence-electron chi connectivity index (χ1n) is 4.77. The molecule has 0 amide bonds. The second-order valence-electron chi connectivity index (χ2n) is 3.91. The SMILES string of the molecule is CC1=C(C)Cn2c(=O)c(F)c(F)c(=O)n2C1. The van der Waals surface area contributed by atoms with E-state index in [4.69, 9.17) is 0 Å². The highest BCUT2D eigenvalue weighted by Crippen LogP contribution is 2.12. The van der Waals surface area contributed by atoms with E-state index >= 15 is 0 Å². The summed E-state index contributed by atoms with van der Waals surface area (Å²) in [6, 6.07) is 0. The molecule has 1 aliphatic rings. The Hall–Kier alpha value is -1.72.